The summed E-state index contributed by atoms with van der Waals surface area (Å²) >= 11 is 0. The molecule has 0 spiro atoms. The highest BCUT2D eigenvalue weighted by Gasteiger charge is 2.35. The minimum Gasteiger partial charge on any atom is -0.485 e. The van der Waals surface area contributed by atoms with Gasteiger partial charge in [-0.25, -0.2) is 9.59 Å². The van der Waals surface area contributed by atoms with E-state index in [4.69, 9.17) is 4.74 Å². The molecule has 0 fully saturated rings. The van der Waals surface area contributed by atoms with Gasteiger partial charge in [-0.05, 0) is 55.5 Å². The fraction of sp³-hybridized carbons (Fsp3) is 0.323. The maximum atomic E-state index is 13.7. The number of aliphatic hydroxyl groups is 1. The number of anilines is 3. The molecule has 0 bridgehead atoms. The number of para-hydroxylation sites is 2. The Balaban J connectivity index is 1.58. The second kappa shape index (κ2) is 13.7. The van der Waals surface area contributed by atoms with E-state index in [1.54, 1.807) is 49.4 Å². The number of nitrogens with one attached hydrogen (secondary N) is 3. The summed E-state index contributed by atoms with van der Waals surface area (Å²) in [6.07, 6.45) is -5.20. The van der Waals surface area contributed by atoms with Crippen molar-refractivity contribution in [3.05, 3.63) is 83.9 Å². The van der Waals surface area contributed by atoms with Gasteiger partial charge in [-0.3, -0.25) is 4.79 Å². The Hall–Kier alpha value is -4.78. The number of likely N-dealkylation sites (N-methyl/N-ethyl adjacent to an activating group) is 1. The van der Waals surface area contributed by atoms with Gasteiger partial charge in [0.2, 0.25) is 0 Å². The van der Waals surface area contributed by atoms with Crippen LogP contribution in [0.25, 0.3) is 0 Å². The standard InChI is InChI=1S/C31H34F3N5O5/c1-19-16-39(20(2)18-40)28(41)24-10-7-11-25(37-29(42)35-22-8-5-4-6-9-22)27(24)44-26(19)17-38(3)30(43)36-23-14-12-21(13-15-23)31(32,33)34/h4-15,19-20,26,40H,16-18H2,1-3H3,(H,36,43)(H2,35,37,42)/t19-,20-,26+/m0/s1. The van der Waals surface area contributed by atoms with Crippen LogP contribution >= 0.6 is 0 Å². The number of halogens is 3. The zero-order valence-corrected chi connectivity index (χ0v) is 24.4. The van der Waals surface area contributed by atoms with Crippen molar-refractivity contribution in [3.63, 3.8) is 0 Å². The molecule has 0 unspecified atom stereocenters. The van der Waals surface area contributed by atoms with E-state index in [0.717, 1.165) is 24.3 Å². The van der Waals surface area contributed by atoms with Crippen LogP contribution in [0.4, 0.5) is 39.8 Å². The number of nitrogens with zero attached hydrogens (tertiary/aromatic N) is 2. The molecule has 1 aliphatic heterocycles. The molecule has 4 N–H and O–H groups in total. The minimum absolute atomic E-state index is 0.0210. The van der Waals surface area contributed by atoms with Crippen LogP contribution in [-0.2, 0) is 6.18 Å². The lowest BCUT2D eigenvalue weighted by Crippen LogP contribution is -2.50. The molecular formula is C31H34F3N5O5. The van der Waals surface area contributed by atoms with Gasteiger partial charge in [0.25, 0.3) is 5.91 Å². The van der Waals surface area contributed by atoms with Crippen molar-refractivity contribution < 1.29 is 37.4 Å². The van der Waals surface area contributed by atoms with Crippen molar-refractivity contribution in [1.82, 2.24) is 9.80 Å². The summed E-state index contributed by atoms with van der Waals surface area (Å²) in [6.45, 7) is 3.48. The van der Waals surface area contributed by atoms with Crippen molar-refractivity contribution >= 4 is 35.0 Å². The van der Waals surface area contributed by atoms with Crippen LogP contribution in [0.1, 0.15) is 29.8 Å². The van der Waals surface area contributed by atoms with E-state index in [1.165, 1.54) is 16.8 Å². The summed E-state index contributed by atoms with van der Waals surface area (Å²) in [4.78, 5) is 42.4. The topological polar surface area (TPSA) is 123 Å². The maximum absolute atomic E-state index is 13.7. The van der Waals surface area contributed by atoms with Gasteiger partial charge in [0.1, 0.15) is 6.10 Å². The molecule has 0 radical (unpaired) electrons. The zero-order valence-electron chi connectivity index (χ0n) is 24.4. The number of benzene rings is 3. The molecule has 1 aliphatic rings. The molecule has 1 heterocycles. The average molecular weight is 614 g/mol. The molecule has 4 rings (SSSR count). The van der Waals surface area contributed by atoms with Gasteiger partial charge < -0.3 is 35.6 Å². The van der Waals surface area contributed by atoms with Crippen LogP contribution in [0, 0.1) is 5.92 Å². The Labute approximate surface area is 252 Å². The number of hydrogen-bond donors (Lipinski definition) is 4. The fourth-order valence-electron chi connectivity index (χ4n) is 4.68. The number of ether oxygens (including phenoxy) is 1. The first-order valence-corrected chi connectivity index (χ1v) is 13.9. The summed E-state index contributed by atoms with van der Waals surface area (Å²) in [6, 6.07) is 15.9. The van der Waals surface area contributed by atoms with E-state index in [0.29, 0.717) is 5.69 Å². The SMILES string of the molecule is C[C@H]1CN([C@@H](C)CO)C(=O)c2cccc(NC(=O)Nc3ccccc3)c2O[C@@H]1CN(C)C(=O)Nc1ccc(C(F)(F)F)cc1. The van der Waals surface area contributed by atoms with Crippen LogP contribution in [0.3, 0.4) is 0 Å². The Bertz CT molecular complexity index is 1470. The third-order valence-corrected chi connectivity index (χ3v) is 7.24. The lowest BCUT2D eigenvalue weighted by molar-refractivity contribution is -0.137. The molecular weight excluding hydrogens is 579 g/mol. The summed E-state index contributed by atoms with van der Waals surface area (Å²) in [5.41, 5.74) is 0.276. The van der Waals surface area contributed by atoms with Crippen LogP contribution < -0.4 is 20.7 Å². The summed E-state index contributed by atoms with van der Waals surface area (Å²) in [5, 5.41) is 17.9. The maximum Gasteiger partial charge on any atom is 0.416 e. The second-order valence-electron chi connectivity index (χ2n) is 10.6. The van der Waals surface area contributed by atoms with Crippen molar-refractivity contribution in [2.75, 3.05) is 42.7 Å². The van der Waals surface area contributed by atoms with Gasteiger partial charge in [0.05, 0.1) is 36.0 Å². The number of rotatable bonds is 7. The number of aliphatic hydroxyl groups excluding tert-OH is 1. The lowest BCUT2D eigenvalue weighted by atomic mass is 9.99. The molecule has 10 nitrogen and oxygen atoms in total. The van der Waals surface area contributed by atoms with Crippen molar-refractivity contribution in [3.8, 4) is 5.75 Å². The van der Waals surface area contributed by atoms with E-state index in [1.807, 2.05) is 13.0 Å². The molecule has 0 saturated heterocycles. The molecule has 44 heavy (non-hydrogen) atoms. The van der Waals surface area contributed by atoms with Crippen molar-refractivity contribution in [2.45, 2.75) is 32.2 Å². The van der Waals surface area contributed by atoms with Gasteiger partial charge >= 0.3 is 18.2 Å². The minimum atomic E-state index is -4.50. The van der Waals surface area contributed by atoms with Gasteiger partial charge in [0, 0.05) is 30.9 Å². The third-order valence-electron chi connectivity index (χ3n) is 7.24. The van der Waals surface area contributed by atoms with Gasteiger partial charge in [-0.1, -0.05) is 31.2 Å². The quantitative estimate of drug-likeness (QED) is 0.271. The molecule has 13 heteroatoms. The number of amides is 5. The third kappa shape index (κ3) is 7.78. The van der Waals surface area contributed by atoms with Gasteiger partial charge in [-0.2, -0.15) is 13.2 Å². The molecule has 5 amide bonds. The number of alkyl halides is 3. The molecule has 0 aromatic heterocycles. The number of urea groups is 2. The molecule has 0 saturated carbocycles. The van der Waals surface area contributed by atoms with E-state index < -0.39 is 41.9 Å². The summed E-state index contributed by atoms with van der Waals surface area (Å²) < 4.78 is 45.2. The molecule has 234 valence electrons. The van der Waals surface area contributed by atoms with Crippen LogP contribution in [0.2, 0.25) is 0 Å². The number of carbonyl (C=O) groups excluding carboxylic acids is 3. The number of fused-ring (bicyclic) bond motifs is 1. The molecule has 3 atom stereocenters. The van der Waals surface area contributed by atoms with Crippen LogP contribution in [0.15, 0.2) is 72.8 Å². The first kappa shape index (κ1) is 32.1. The Morgan fingerprint density at radius 1 is 1.00 bits per heavy atom. The van der Waals surface area contributed by atoms with Gasteiger partial charge in [0.15, 0.2) is 5.75 Å². The lowest BCUT2D eigenvalue weighted by Gasteiger charge is -2.38. The molecule has 0 aliphatic carbocycles. The normalized spacial score (nSPS) is 17.3. The zero-order chi connectivity index (χ0) is 32.0. The van der Waals surface area contributed by atoms with E-state index in [9.17, 15) is 32.7 Å². The van der Waals surface area contributed by atoms with E-state index in [2.05, 4.69) is 16.0 Å². The Morgan fingerprint density at radius 2 is 1.66 bits per heavy atom. The van der Waals surface area contributed by atoms with Crippen molar-refractivity contribution in [2.24, 2.45) is 5.92 Å². The Morgan fingerprint density at radius 3 is 2.30 bits per heavy atom. The fourth-order valence-corrected chi connectivity index (χ4v) is 4.68. The van der Waals surface area contributed by atoms with Gasteiger partial charge in [-0.15, -0.1) is 0 Å². The van der Waals surface area contributed by atoms with Crippen LogP contribution in [-0.4, -0.2) is 71.8 Å². The predicted octanol–water partition coefficient (Wildman–Crippen LogP) is 5.73. The van der Waals surface area contributed by atoms with E-state index in [-0.39, 0.29) is 48.3 Å². The summed E-state index contributed by atoms with van der Waals surface area (Å²) in [5.74, 6) is -0.648. The second-order valence-corrected chi connectivity index (χ2v) is 10.6. The highest BCUT2D eigenvalue weighted by atomic mass is 19.4. The largest absolute Gasteiger partial charge is 0.485 e. The smallest absolute Gasteiger partial charge is 0.416 e. The van der Waals surface area contributed by atoms with Crippen molar-refractivity contribution in [1.29, 1.82) is 0 Å². The van der Waals surface area contributed by atoms with E-state index >= 15 is 0 Å². The summed E-state index contributed by atoms with van der Waals surface area (Å²) in [7, 11) is 1.51. The molecule has 3 aromatic rings. The highest BCUT2D eigenvalue weighted by molar-refractivity contribution is 6.04. The number of carbonyl (C=O) groups is 3. The van der Waals surface area contributed by atoms with Crippen LogP contribution in [0.5, 0.6) is 5.75 Å². The first-order chi connectivity index (χ1) is 20.9. The Kier molecular flexibility index (Phi) is 9.99. The monoisotopic (exact) mass is 613 g/mol. The highest BCUT2D eigenvalue weighted by Crippen LogP contribution is 2.35. The number of hydrogen-bond acceptors (Lipinski definition) is 5. The average Bonchev–Trinajstić information content (AvgIpc) is 2.99. The molecule has 3 aromatic carbocycles. The first-order valence-electron chi connectivity index (χ1n) is 13.9. The predicted molar refractivity (Wildman–Crippen MR) is 160 cm³/mol.